The van der Waals surface area contributed by atoms with E-state index in [1.165, 1.54) is 0 Å². The van der Waals surface area contributed by atoms with E-state index in [9.17, 15) is 9.59 Å². The summed E-state index contributed by atoms with van der Waals surface area (Å²) in [5.41, 5.74) is 1.05. The number of carboxylic acids is 1. The summed E-state index contributed by atoms with van der Waals surface area (Å²) >= 11 is 0. The number of amides is 1. The van der Waals surface area contributed by atoms with Crippen LogP contribution in [0.2, 0.25) is 0 Å². The highest BCUT2D eigenvalue weighted by Gasteiger charge is 2.21. The Bertz CT molecular complexity index is 489. The minimum Gasteiger partial charge on any atom is -0.482 e. The summed E-state index contributed by atoms with van der Waals surface area (Å²) in [6, 6.07) is 5.03. The van der Waals surface area contributed by atoms with Crippen molar-refractivity contribution in [2.75, 3.05) is 11.9 Å². The fraction of sp³-hybridized carbons (Fsp3) is 0.429. The van der Waals surface area contributed by atoms with Crippen molar-refractivity contribution >= 4 is 17.6 Å². The summed E-state index contributed by atoms with van der Waals surface area (Å²) in [7, 11) is 0. The molecule has 5 heteroatoms. The third-order valence-electron chi connectivity index (χ3n) is 2.49. The van der Waals surface area contributed by atoms with E-state index in [1.807, 2.05) is 27.7 Å². The van der Waals surface area contributed by atoms with Gasteiger partial charge in [0, 0.05) is 11.1 Å². The zero-order valence-corrected chi connectivity index (χ0v) is 11.6. The van der Waals surface area contributed by atoms with Crippen LogP contribution in [0.4, 0.5) is 5.69 Å². The number of carbonyl (C=O) groups is 2. The fourth-order valence-corrected chi connectivity index (χ4v) is 1.32. The number of nitrogens with one attached hydrogen (secondary N) is 1. The highest BCUT2D eigenvalue weighted by atomic mass is 16.5. The Kier molecular flexibility index (Phi) is 4.53. The third-order valence-corrected chi connectivity index (χ3v) is 2.49. The quantitative estimate of drug-likeness (QED) is 0.876. The van der Waals surface area contributed by atoms with Gasteiger partial charge in [0.25, 0.3) is 0 Å². The first-order valence-electron chi connectivity index (χ1n) is 5.97. The zero-order valence-electron chi connectivity index (χ0n) is 11.6. The minimum atomic E-state index is -1.03. The molecule has 0 aliphatic rings. The lowest BCUT2D eigenvalue weighted by Gasteiger charge is -2.19. The van der Waals surface area contributed by atoms with Crippen LogP contribution in [0.15, 0.2) is 18.2 Å². The second-order valence-electron chi connectivity index (χ2n) is 5.36. The van der Waals surface area contributed by atoms with Crippen LogP contribution in [0.1, 0.15) is 26.3 Å². The lowest BCUT2D eigenvalue weighted by Crippen LogP contribution is -2.27. The van der Waals surface area contributed by atoms with E-state index in [-0.39, 0.29) is 12.5 Å². The largest absolute Gasteiger partial charge is 0.482 e. The van der Waals surface area contributed by atoms with Gasteiger partial charge >= 0.3 is 5.97 Å². The molecule has 1 amide bonds. The van der Waals surface area contributed by atoms with Crippen molar-refractivity contribution in [2.45, 2.75) is 27.7 Å². The van der Waals surface area contributed by atoms with Gasteiger partial charge in [-0.1, -0.05) is 20.8 Å². The SMILES string of the molecule is Cc1cc(OCC(=O)O)ccc1NC(=O)C(C)(C)C. The van der Waals surface area contributed by atoms with E-state index in [0.717, 1.165) is 5.56 Å². The maximum Gasteiger partial charge on any atom is 0.341 e. The van der Waals surface area contributed by atoms with E-state index in [2.05, 4.69) is 5.32 Å². The molecule has 0 saturated carbocycles. The molecule has 0 unspecified atom stereocenters. The molecule has 104 valence electrons. The Morgan fingerprint density at radius 2 is 1.95 bits per heavy atom. The van der Waals surface area contributed by atoms with E-state index in [0.29, 0.717) is 11.4 Å². The summed E-state index contributed by atoms with van der Waals surface area (Å²) in [6.45, 7) is 6.95. The predicted octanol–water partition coefficient (Wildman–Crippen LogP) is 2.44. The molecule has 0 spiro atoms. The van der Waals surface area contributed by atoms with Gasteiger partial charge in [-0.2, -0.15) is 0 Å². The lowest BCUT2D eigenvalue weighted by molar-refractivity contribution is -0.139. The van der Waals surface area contributed by atoms with E-state index in [1.54, 1.807) is 18.2 Å². The molecule has 0 aliphatic heterocycles. The summed E-state index contributed by atoms with van der Waals surface area (Å²) in [5, 5.41) is 11.4. The van der Waals surface area contributed by atoms with Gasteiger partial charge in [-0.05, 0) is 30.7 Å². The first kappa shape index (κ1) is 15.0. The van der Waals surface area contributed by atoms with Crippen LogP contribution in [0, 0.1) is 12.3 Å². The van der Waals surface area contributed by atoms with Gasteiger partial charge in [0.05, 0.1) is 0 Å². The number of aryl methyl sites for hydroxylation is 1. The monoisotopic (exact) mass is 265 g/mol. The molecule has 0 bridgehead atoms. The van der Waals surface area contributed by atoms with Crippen LogP contribution >= 0.6 is 0 Å². The minimum absolute atomic E-state index is 0.0743. The van der Waals surface area contributed by atoms with Crippen LogP contribution in [-0.4, -0.2) is 23.6 Å². The van der Waals surface area contributed by atoms with Crippen molar-refractivity contribution in [1.29, 1.82) is 0 Å². The Morgan fingerprint density at radius 3 is 2.42 bits per heavy atom. The molecule has 1 aromatic rings. The normalized spacial score (nSPS) is 10.9. The molecule has 2 N–H and O–H groups in total. The van der Waals surface area contributed by atoms with Gasteiger partial charge in [0.15, 0.2) is 6.61 Å². The first-order chi connectivity index (χ1) is 8.70. The topological polar surface area (TPSA) is 75.6 Å². The van der Waals surface area contributed by atoms with Crippen molar-refractivity contribution in [3.8, 4) is 5.75 Å². The molecule has 1 rings (SSSR count). The van der Waals surface area contributed by atoms with Crippen molar-refractivity contribution in [3.63, 3.8) is 0 Å². The Labute approximate surface area is 112 Å². The van der Waals surface area contributed by atoms with Gasteiger partial charge in [-0.3, -0.25) is 4.79 Å². The van der Waals surface area contributed by atoms with E-state index in [4.69, 9.17) is 9.84 Å². The van der Waals surface area contributed by atoms with Crippen LogP contribution in [0.25, 0.3) is 0 Å². The molecular formula is C14H19NO4. The molecule has 0 heterocycles. The van der Waals surface area contributed by atoms with Crippen LogP contribution in [-0.2, 0) is 9.59 Å². The van der Waals surface area contributed by atoms with Crippen molar-refractivity contribution < 1.29 is 19.4 Å². The second kappa shape index (κ2) is 5.73. The number of aliphatic carboxylic acids is 1. The average Bonchev–Trinajstić information content (AvgIpc) is 2.28. The first-order valence-corrected chi connectivity index (χ1v) is 5.97. The number of rotatable bonds is 4. The predicted molar refractivity (Wildman–Crippen MR) is 72.4 cm³/mol. The molecule has 0 radical (unpaired) electrons. The molecule has 0 fully saturated rings. The summed E-state index contributed by atoms with van der Waals surface area (Å²) in [5.74, 6) is -0.633. The zero-order chi connectivity index (χ0) is 14.6. The number of hydrogen-bond acceptors (Lipinski definition) is 3. The van der Waals surface area contributed by atoms with Gasteiger partial charge in [-0.15, -0.1) is 0 Å². The Morgan fingerprint density at radius 1 is 1.32 bits per heavy atom. The van der Waals surface area contributed by atoms with Crippen molar-refractivity contribution in [1.82, 2.24) is 0 Å². The third kappa shape index (κ3) is 4.62. The number of carbonyl (C=O) groups excluding carboxylic acids is 1. The summed E-state index contributed by atoms with van der Waals surface area (Å²) in [4.78, 5) is 22.3. The van der Waals surface area contributed by atoms with Gasteiger partial charge < -0.3 is 15.2 Å². The number of anilines is 1. The molecular weight excluding hydrogens is 246 g/mol. The van der Waals surface area contributed by atoms with Crippen LogP contribution < -0.4 is 10.1 Å². The Balaban J connectivity index is 2.78. The Hall–Kier alpha value is -2.04. The second-order valence-corrected chi connectivity index (χ2v) is 5.36. The molecule has 0 aromatic heterocycles. The molecule has 5 nitrogen and oxygen atoms in total. The number of ether oxygens (including phenoxy) is 1. The average molecular weight is 265 g/mol. The fourth-order valence-electron chi connectivity index (χ4n) is 1.32. The maximum atomic E-state index is 11.9. The number of benzene rings is 1. The van der Waals surface area contributed by atoms with Gasteiger partial charge in [0.1, 0.15) is 5.75 Å². The van der Waals surface area contributed by atoms with Crippen molar-refractivity contribution in [3.05, 3.63) is 23.8 Å². The molecule has 0 atom stereocenters. The smallest absolute Gasteiger partial charge is 0.341 e. The van der Waals surface area contributed by atoms with Crippen LogP contribution in [0.3, 0.4) is 0 Å². The van der Waals surface area contributed by atoms with Crippen LogP contribution in [0.5, 0.6) is 5.75 Å². The number of hydrogen-bond donors (Lipinski definition) is 2. The summed E-state index contributed by atoms with van der Waals surface area (Å²) in [6.07, 6.45) is 0. The van der Waals surface area contributed by atoms with E-state index < -0.39 is 11.4 Å². The highest BCUT2D eigenvalue weighted by molar-refractivity contribution is 5.95. The van der Waals surface area contributed by atoms with Crippen molar-refractivity contribution in [2.24, 2.45) is 5.41 Å². The summed E-state index contributed by atoms with van der Waals surface area (Å²) < 4.78 is 5.06. The number of carboxylic acid groups (broad SMARTS) is 1. The lowest BCUT2D eigenvalue weighted by atomic mass is 9.95. The van der Waals surface area contributed by atoms with E-state index >= 15 is 0 Å². The molecule has 1 aromatic carbocycles. The van der Waals surface area contributed by atoms with Gasteiger partial charge in [0.2, 0.25) is 5.91 Å². The standard InChI is InChI=1S/C14H19NO4/c1-9-7-10(19-8-12(16)17)5-6-11(9)15-13(18)14(2,3)4/h5-7H,8H2,1-4H3,(H,15,18)(H,16,17). The van der Waals surface area contributed by atoms with Gasteiger partial charge in [-0.25, -0.2) is 4.79 Å². The molecule has 19 heavy (non-hydrogen) atoms. The highest BCUT2D eigenvalue weighted by Crippen LogP contribution is 2.23. The maximum absolute atomic E-state index is 11.9. The molecule has 0 saturated heterocycles. The molecule has 0 aliphatic carbocycles.